The third-order valence-electron chi connectivity index (χ3n) is 7.78. The summed E-state index contributed by atoms with van der Waals surface area (Å²) in [4.78, 5) is 0.196. The number of rotatable bonds is 2. The van der Waals surface area contributed by atoms with E-state index in [9.17, 15) is 8.42 Å². The van der Waals surface area contributed by atoms with Crippen molar-refractivity contribution in [1.82, 2.24) is 0 Å². The van der Waals surface area contributed by atoms with Crippen LogP contribution in [0.25, 0.3) is 0 Å². The monoisotopic (exact) mass is 378 g/mol. The van der Waals surface area contributed by atoms with Crippen LogP contribution in [0.15, 0.2) is 41.3 Å². The standard InChI is InChI=1S/C21H24F2O2S/c1-14-5-9-17(10-6-14)26(24,25)18-15-7-8-16(13-15)20(18)19(21(20,22)23)11-3-2-4-12-19/h5-10,15-16,18H,2-4,11-13H2,1H3/t15-,16+,18-,20-/m1/s1. The van der Waals surface area contributed by atoms with Crippen molar-refractivity contribution in [2.75, 3.05) is 0 Å². The topological polar surface area (TPSA) is 34.1 Å². The van der Waals surface area contributed by atoms with Gasteiger partial charge in [-0.25, -0.2) is 17.2 Å². The third kappa shape index (κ3) is 1.65. The Labute approximate surface area is 153 Å². The first-order chi connectivity index (χ1) is 12.3. The van der Waals surface area contributed by atoms with Crippen LogP contribution >= 0.6 is 0 Å². The lowest BCUT2D eigenvalue weighted by atomic mass is 9.74. The van der Waals surface area contributed by atoms with Gasteiger partial charge in [0.25, 0.3) is 5.92 Å². The second kappa shape index (κ2) is 4.98. The Hall–Kier alpha value is -1.23. The first kappa shape index (κ1) is 16.9. The van der Waals surface area contributed by atoms with Crippen LogP contribution in [0.4, 0.5) is 8.78 Å². The Morgan fingerprint density at radius 1 is 1.00 bits per heavy atom. The van der Waals surface area contributed by atoms with Crippen LogP contribution in [-0.4, -0.2) is 19.6 Å². The summed E-state index contributed by atoms with van der Waals surface area (Å²) in [6.45, 7) is 1.89. The molecule has 5 heteroatoms. The van der Waals surface area contributed by atoms with Crippen LogP contribution in [0.3, 0.4) is 0 Å². The predicted molar refractivity (Wildman–Crippen MR) is 95.8 cm³/mol. The zero-order valence-corrected chi connectivity index (χ0v) is 15.7. The minimum absolute atomic E-state index is 0.196. The van der Waals surface area contributed by atoms with Gasteiger partial charge in [-0.3, -0.25) is 0 Å². The maximum atomic E-state index is 15.6. The molecule has 1 aromatic rings. The molecule has 0 saturated heterocycles. The second-order valence-corrected chi connectivity index (χ2v) is 10.8. The molecular weight excluding hydrogens is 354 g/mol. The molecule has 4 aliphatic carbocycles. The maximum Gasteiger partial charge on any atom is 0.262 e. The van der Waals surface area contributed by atoms with Crippen LogP contribution in [-0.2, 0) is 9.84 Å². The summed E-state index contributed by atoms with van der Waals surface area (Å²) in [6.07, 6.45) is 7.83. The smallest absolute Gasteiger partial charge is 0.223 e. The highest BCUT2D eigenvalue weighted by Gasteiger charge is 2.97. The van der Waals surface area contributed by atoms with E-state index in [2.05, 4.69) is 0 Å². The molecule has 4 atom stereocenters. The zero-order chi connectivity index (χ0) is 18.4. The van der Waals surface area contributed by atoms with Crippen LogP contribution < -0.4 is 0 Å². The van der Waals surface area contributed by atoms with Gasteiger partial charge in [0.1, 0.15) is 0 Å². The number of fused-ring (bicyclic) bond motifs is 4. The van der Waals surface area contributed by atoms with E-state index in [1.165, 1.54) is 0 Å². The summed E-state index contributed by atoms with van der Waals surface area (Å²) in [5.74, 6) is -3.46. The van der Waals surface area contributed by atoms with Crippen molar-refractivity contribution in [3.05, 3.63) is 42.0 Å². The molecule has 2 nitrogen and oxygen atoms in total. The molecule has 1 aromatic carbocycles. The number of halogens is 2. The van der Waals surface area contributed by atoms with E-state index in [1.807, 2.05) is 19.1 Å². The highest BCUT2D eigenvalue weighted by molar-refractivity contribution is 7.92. The Morgan fingerprint density at radius 2 is 1.65 bits per heavy atom. The van der Waals surface area contributed by atoms with Crippen molar-refractivity contribution in [3.8, 4) is 0 Å². The summed E-state index contributed by atoms with van der Waals surface area (Å²) in [5.41, 5.74) is -1.53. The summed E-state index contributed by atoms with van der Waals surface area (Å²) in [5, 5.41) is -0.985. The molecule has 0 heterocycles. The molecule has 0 amide bonds. The molecule has 0 unspecified atom stereocenters. The summed E-state index contributed by atoms with van der Waals surface area (Å²) in [6, 6.07) is 6.68. The van der Waals surface area contributed by atoms with E-state index >= 15 is 8.78 Å². The number of alkyl halides is 2. The molecule has 0 N–H and O–H groups in total. The molecular formula is C21H24F2O2S. The van der Waals surface area contributed by atoms with Crippen molar-refractivity contribution in [2.45, 2.75) is 61.5 Å². The third-order valence-corrected chi connectivity index (χ3v) is 10.1. The molecule has 3 fully saturated rings. The van der Waals surface area contributed by atoms with Crippen molar-refractivity contribution >= 4 is 9.84 Å². The summed E-state index contributed by atoms with van der Waals surface area (Å²) in [7, 11) is -3.81. The predicted octanol–water partition coefficient (Wildman–Crippen LogP) is 4.93. The molecule has 140 valence electrons. The van der Waals surface area contributed by atoms with Gasteiger partial charge in [0.15, 0.2) is 9.84 Å². The van der Waals surface area contributed by atoms with E-state index in [1.54, 1.807) is 24.3 Å². The number of benzene rings is 1. The number of aryl methyl sites for hydroxylation is 1. The Balaban J connectivity index is 1.67. The highest BCUT2D eigenvalue weighted by Crippen LogP contribution is 2.89. The van der Waals surface area contributed by atoms with Crippen LogP contribution in [0.5, 0.6) is 0 Å². The fraction of sp³-hybridized carbons (Fsp3) is 0.619. The minimum atomic E-state index is -3.81. The summed E-state index contributed by atoms with van der Waals surface area (Å²) >= 11 is 0. The van der Waals surface area contributed by atoms with Crippen molar-refractivity contribution in [3.63, 3.8) is 0 Å². The van der Waals surface area contributed by atoms with Gasteiger partial charge < -0.3 is 0 Å². The minimum Gasteiger partial charge on any atom is -0.223 e. The van der Waals surface area contributed by atoms with Gasteiger partial charge in [0.05, 0.1) is 15.6 Å². The Bertz CT molecular complexity index is 881. The van der Waals surface area contributed by atoms with E-state index in [-0.39, 0.29) is 16.7 Å². The number of hydrogen-bond acceptors (Lipinski definition) is 2. The van der Waals surface area contributed by atoms with Gasteiger partial charge in [0, 0.05) is 5.41 Å². The fourth-order valence-corrected chi connectivity index (χ4v) is 9.27. The van der Waals surface area contributed by atoms with Crippen LogP contribution in [0, 0.1) is 29.6 Å². The molecule has 2 bridgehead atoms. The number of hydrogen-bond donors (Lipinski definition) is 0. The van der Waals surface area contributed by atoms with Crippen LogP contribution in [0.2, 0.25) is 0 Å². The quantitative estimate of drug-likeness (QED) is 0.684. The molecule has 0 radical (unpaired) electrons. The van der Waals surface area contributed by atoms with E-state index in [0.717, 1.165) is 24.8 Å². The average Bonchev–Trinajstić information content (AvgIpc) is 3.08. The zero-order valence-electron chi connectivity index (χ0n) is 14.9. The largest absolute Gasteiger partial charge is 0.262 e. The van der Waals surface area contributed by atoms with Crippen molar-refractivity contribution in [2.24, 2.45) is 22.7 Å². The van der Waals surface area contributed by atoms with Gasteiger partial charge in [-0.15, -0.1) is 0 Å². The number of allylic oxidation sites excluding steroid dienone is 2. The SMILES string of the molecule is Cc1ccc(S(=O)(=O)[C@@H]2[C@@H]3C=C[C@@H](C3)[C@@]23C(F)(F)C32CCCCC2)cc1. The van der Waals surface area contributed by atoms with E-state index < -0.39 is 31.8 Å². The fourth-order valence-electron chi connectivity index (χ4n) is 6.76. The van der Waals surface area contributed by atoms with Gasteiger partial charge in [0.2, 0.25) is 0 Å². The van der Waals surface area contributed by atoms with Crippen molar-refractivity contribution < 1.29 is 17.2 Å². The van der Waals surface area contributed by atoms with Gasteiger partial charge in [-0.05, 0) is 50.2 Å². The van der Waals surface area contributed by atoms with Crippen molar-refractivity contribution in [1.29, 1.82) is 0 Å². The highest BCUT2D eigenvalue weighted by atomic mass is 32.2. The molecule has 5 rings (SSSR count). The Kier molecular flexibility index (Phi) is 3.24. The van der Waals surface area contributed by atoms with E-state index in [4.69, 9.17) is 0 Å². The molecule has 4 aliphatic rings. The molecule has 0 aromatic heterocycles. The molecule has 2 spiro atoms. The molecule has 0 aliphatic heterocycles. The van der Waals surface area contributed by atoms with Gasteiger partial charge in [-0.2, -0.15) is 0 Å². The summed E-state index contributed by atoms with van der Waals surface area (Å²) < 4.78 is 58.2. The average molecular weight is 378 g/mol. The lowest BCUT2D eigenvalue weighted by Crippen LogP contribution is -2.40. The molecule has 3 saturated carbocycles. The Morgan fingerprint density at radius 3 is 2.31 bits per heavy atom. The van der Waals surface area contributed by atoms with Gasteiger partial charge >= 0.3 is 0 Å². The maximum absolute atomic E-state index is 15.6. The van der Waals surface area contributed by atoms with Gasteiger partial charge in [-0.1, -0.05) is 49.1 Å². The first-order valence-corrected chi connectivity index (χ1v) is 11.2. The number of sulfone groups is 1. The normalized spacial score (nSPS) is 39.0. The molecule has 26 heavy (non-hydrogen) atoms. The van der Waals surface area contributed by atoms with E-state index in [0.29, 0.717) is 19.3 Å². The first-order valence-electron chi connectivity index (χ1n) is 9.66. The lowest BCUT2D eigenvalue weighted by molar-refractivity contribution is 0.0306. The second-order valence-electron chi connectivity index (χ2n) is 8.76. The lowest BCUT2D eigenvalue weighted by Gasteiger charge is -2.33. The van der Waals surface area contributed by atoms with Crippen LogP contribution in [0.1, 0.15) is 44.1 Å².